The molecule has 2 unspecified atom stereocenters. The highest BCUT2D eigenvalue weighted by Gasteiger charge is 2.09. The second kappa shape index (κ2) is 10.9. The zero-order valence-electron chi connectivity index (χ0n) is 16.2. The monoisotopic (exact) mass is 436 g/mol. The molecule has 2 aromatic heterocycles. The van der Waals surface area contributed by atoms with E-state index in [2.05, 4.69) is 9.97 Å². The number of rotatable bonds is 4. The van der Waals surface area contributed by atoms with Gasteiger partial charge in [-0.15, -0.1) is 0 Å². The largest absolute Gasteiger partial charge is 0.320 e. The standard InChI is InChI=1S/2C12H11ClN2/c13-11-8-10(6-7-15-11)12(14)9-4-2-1-3-5-9;13-11-7-6-10(8-15-11)12(14)9-4-2-1-3-5-9/h2*1-8,12H,14H2. The maximum absolute atomic E-state index is 6.10. The van der Waals surface area contributed by atoms with Crippen molar-refractivity contribution < 1.29 is 0 Å². The SMILES string of the molecule is NC(c1ccccc1)c1ccc(Cl)nc1.NC(c1ccccc1)c1ccnc(Cl)c1. The minimum Gasteiger partial charge on any atom is -0.320 e. The molecule has 0 spiro atoms. The number of hydrogen-bond acceptors (Lipinski definition) is 4. The van der Waals surface area contributed by atoms with Gasteiger partial charge in [-0.1, -0.05) is 89.9 Å². The van der Waals surface area contributed by atoms with Crippen LogP contribution in [0, 0.1) is 0 Å². The topological polar surface area (TPSA) is 77.8 Å². The maximum atomic E-state index is 6.10. The van der Waals surface area contributed by atoms with Crippen molar-refractivity contribution in [1.29, 1.82) is 0 Å². The van der Waals surface area contributed by atoms with Gasteiger partial charge in [0.2, 0.25) is 0 Å². The second-order valence-corrected chi connectivity index (χ2v) is 7.38. The fourth-order valence-corrected chi connectivity index (χ4v) is 3.18. The molecule has 0 aliphatic rings. The Kier molecular flexibility index (Phi) is 7.94. The number of hydrogen-bond donors (Lipinski definition) is 2. The quantitative estimate of drug-likeness (QED) is 0.410. The summed E-state index contributed by atoms with van der Waals surface area (Å²) in [7, 11) is 0. The van der Waals surface area contributed by atoms with Gasteiger partial charge < -0.3 is 11.5 Å². The van der Waals surface area contributed by atoms with Crippen molar-refractivity contribution in [3.8, 4) is 0 Å². The van der Waals surface area contributed by atoms with Crippen LogP contribution in [0.15, 0.2) is 97.3 Å². The van der Waals surface area contributed by atoms with Gasteiger partial charge in [-0.05, 0) is 40.5 Å². The van der Waals surface area contributed by atoms with E-state index in [1.165, 1.54) is 0 Å². The molecule has 2 heterocycles. The van der Waals surface area contributed by atoms with Crippen LogP contribution in [-0.2, 0) is 0 Å². The normalized spacial score (nSPS) is 12.4. The summed E-state index contributed by atoms with van der Waals surface area (Å²) in [6, 6.07) is 26.8. The smallest absolute Gasteiger partial charge is 0.129 e. The first-order chi connectivity index (χ1) is 14.5. The maximum Gasteiger partial charge on any atom is 0.129 e. The van der Waals surface area contributed by atoms with Crippen LogP contribution in [0.3, 0.4) is 0 Å². The van der Waals surface area contributed by atoms with E-state index in [4.69, 9.17) is 34.7 Å². The van der Waals surface area contributed by atoms with Crippen molar-refractivity contribution in [1.82, 2.24) is 9.97 Å². The van der Waals surface area contributed by atoms with Gasteiger partial charge in [0.05, 0.1) is 12.1 Å². The Morgan fingerprint density at radius 1 is 0.567 bits per heavy atom. The first-order valence-corrected chi connectivity index (χ1v) is 10.1. The first-order valence-electron chi connectivity index (χ1n) is 9.38. The molecule has 4 aromatic rings. The number of pyridine rings is 2. The third-order valence-electron chi connectivity index (χ3n) is 4.54. The Morgan fingerprint density at radius 3 is 1.63 bits per heavy atom. The lowest BCUT2D eigenvalue weighted by molar-refractivity contribution is 0.863. The Bertz CT molecular complexity index is 1040. The molecule has 0 saturated carbocycles. The fraction of sp³-hybridized carbons (Fsp3) is 0.0833. The van der Waals surface area contributed by atoms with E-state index >= 15 is 0 Å². The van der Waals surface area contributed by atoms with E-state index in [9.17, 15) is 0 Å². The van der Waals surface area contributed by atoms with Crippen LogP contribution < -0.4 is 11.5 Å². The molecule has 4 N–H and O–H groups in total. The van der Waals surface area contributed by atoms with Crippen molar-refractivity contribution in [3.63, 3.8) is 0 Å². The van der Waals surface area contributed by atoms with E-state index in [-0.39, 0.29) is 12.1 Å². The summed E-state index contributed by atoms with van der Waals surface area (Å²) in [5.41, 5.74) is 16.3. The second-order valence-electron chi connectivity index (χ2n) is 6.60. The molecule has 0 saturated heterocycles. The van der Waals surface area contributed by atoms with E-state index < -0.39 is 0 Å². The van der Waals surface area contributed by atoms with Crippen LogP contribution in [0.2, 0.25) is 10.3 Å². The molecule has 0 aliphatic heterocycles. The highest BCUT2D eigenvalue weighted by atomic mass is 35.5. The van der Waals surface area contributed by atoms with E-state index in [1.807, 2.05) is 72.8 Å². The molecule has 0 amide bonds. The Labute approximate surface area is 186 Å². The molecule has 30 heavy (non-hydrogen) atoms. The minimum absolute atomic E-state index is 0.143. The minimum atomic E-state index is -0.147. The van der Waals surface area contributed by atoms with Crippen LogP contribution >= 0.6 is 23.2 Å². The van der Waals surface area contributed by atoms with Gasteiger partial charge in [-0.2, -0.15) is 0 Å². The molecule has 4 nitrogen and oxygen atoms in total. The van der Waals surface area contributed by atoms with Crippen molar-refractivity contribution >= 4 is 23.2 Å². The summed E-state index contributed by atoms with van der Waals surface area (Å²) < 4.78 is 0. The number of nitrogens with two attached hydrogens (primary N) is 2. The molecule has 0 radical (unpaired) electrons. The van der Waals surface area contributed by atoms with E-state index in [1.54, 1.807) is 24.5 Å². The first kappa shape index (κ1) is 21.9. The van der Waals surface area contributed by atoms with Crippen molar-refractivity contribution in [2.45, 2.75) is 12.1 Å². The number of halogens is 2. The number of benzene rings is 2. The average molecular weight is 437 g/mol. The lowest BCUT2D eigenvalue weighted by Gasteiger charge is -2.12. The van der Waals surface area contributed by atoms with Crippen LogP contribution in [0.5, 0.6) is 0 Å². The molecular formula is C24H22Cl2N4. The molecule has 152 valence electrons. The molecule has 2 aromatic carbocycles. The van der Waals surface area contributed by atoms with Gasteiger partial charge in [0.15, 0.2) is 0 Å². The summed E-state index contributed by atoms with van der Waals surface area (Å²) >= 11 is 11.5. The van der Waals surface area contributed by atoms with Crippen LogP contribution in [-0.4, -0.2) is 9.97 Å². The third-order valence-corrected chi connectivity index (χ3v) is 4.97. The molecule has 2 atom stereocenters. The zero-order valence-corrected chi connectivity index (χ0v) is 17.7. The highest BCUT2D eigenvalue weighted by molar-refractivity contribution is 6.29. The van der Waals surface area contributed by atoms with Gasteiger partial charge in [0.25, 0.3) is 0 Å². The predicted octanol–water partition coefficient (Wildman–Crippen LogP) is 5.57. The van der Waals surface area contributed by atoms with Gasteiger partial charge in [-0.25, -0.2) is 9.97 Å². The summed E-state index contributed by atoms with van der Waals surface area (Å²) in [5.74, 6) is 0. The Hall–Kier alpha value is -2.76. The van der Waals surface area contributed by atoms with E-state index in [0.717, 1.165) is 22.3 Å². The fourth-order valence-electron chi connectivity index (χ4n) is 2.89. The van der Waals surface area contributed by atoms with Crippen molar-refractivity contribution in [3.05, 3.63) is 130 Å². The van der Waals surface area contributed by atoms with Gasteiger partial charge >= 0.3 is 0 Å². The van der Waals surface area contributed by atoms with Crippen LogP contribution in [0.25, 0.3) is 0 Å². The number of nitrogens with zero attached hydrogens (tertiary/aromatic N) is 2. The third kappa shape index (κ3) is 6.12. The van der Waals surface area contributed by atoms with Gasteiger partial charge in [0.1, 0.15) is 10.3 Å². The van der Waals surface area contributed by atoms with E-state index in [0.29, 0.717) is 10.3 Å². The Balaban J connectivity index is 0.000000171. The summed E-state index contributed by atoms with van der Waals surface area (Å²) in [4.78, 5) is 7.94. The van der Waals surface area contributed by atoms with Gasteiger partial charge in [0, 0.05) is 12.4 Å². The molecule has 6 heteroatoms. The lowest BCUT2D eigenvalue weighted by atomic mass is 10.0. The summed E-state index contributed by atoms with van der Waals surface area (Å²) in [6.45, 7) is 0. The molecule has 4 rings (SSSR count). The molecular weight excluding hydrogens is 415 g/mol. The zero-order chi connectivity index (χ0) is 21.3. The van der Waals surface area contributed by atoms with Crippen molar-refractivity contribution in [2.24, 2.45) is 11.5 Å². The highest BCUT2D eigenvalue weighted by Crippen LogP contribution is 2.21. The van der Waals surface area contributed by atoms with Gasteiger partial charge in [-0.3, -0.25) is 0 Å². The molecule has 0 fully saturated rings. The average Bonchev–Trinajstić information content (AvgIpc) is 2.80. The summed E-state index contributed by atoms with van der Waals surface area (Å²) in [5, 5.41) is 0.956. The molecule has 0 bridgehead atoms. The Morgan fingerprint density at radius 2 is 1.13 bits per heavy atom. The number of aromatic nitrogens is 2. The van der Waals surface area contributed by atoms with Crippen LogP contribution in [0.1, 0.15) is 34.3 Å². The van der Waals surface area contributed by atoms with Crippen molar-refractivity contribution in [2.75, 3.05) is 0 Å². The van der Waals surface area contributed by atoms with Crippen LogP contribution in [0.4, 0.5) is 0 Å². The predicted molar refractivity (Wildman–Crippen MR) is 123 cm³/mol. The summed E-state index contributed by atoms with van der Waals surface area (Å²) in [6.07, 6.45) is 3.38. The molecule has 0 aliphatic carbocycles. The lowest BCUT2D eigenvalue weighted by Crippen LogP contribution is -2.11.